The molecule has 1 aliphatic rings. The molecule has 1 heterocycles. The van der Waals surface area contributed by atoms with Crippen LogP contribution in [0, 0.1) is 10.1 Å². The van der Waals surface area contributed by atoms with Crippen LogP contribution in [0.2, 0.25) is 0 Å². The van der Waals surface area contributed by atoms with Gasteiger partial charge in [-0.1, -0.05) is 25.1 Å². The zero-order valence-corrected chi connectivity index (χ0v) is 15.5. The Morgan fingerprint density at radius 3 is 2.72 bits per heavy atom. The van der Waals surface area contributed by atoms with E-state index in [-0.39, 0.29) is 17.6 Å². The molecule has 25 heavy (non-hydrogen) atoms. The Morgan fingerprint density at radius 2 is 2.04 bits per heavy atom. The van der Waals surface area contributed by atoms with Crippen molar-refractivity contribution in [1.29, 1.82) is 0 Å². The molecule has 130 valence electrons. The van der Waals surface area contributed by atoms with Gasteiger partial charge in [-0.3, -0.25) is 14.9 Å². The topological polar surface area (TPSA) is 75.5 Å². The fraction of sp³-hybridized carbons (Fsp3) is 0.278. The van der Waals surface area contributed by atoms with E-state index in [4.69, 9.17) is 0 Å². The van der Waals surface area contributed by atoms with Crippen LogP contribution in [0.3, 0.4) is 0 Å². The molecule has 0 spiro atoms. The average molecular weight is 404 g/mol. The van der Waals surface area contributed by atoms with Gasteiger partial charge in [-0.25, -0.2) is 0 Å². The van der Waals surface area contributed by atoms with Gasteiger partial charge in [-0.15, -0.1) is 0 Å². The first-order chi connectivity index (χ1) is 11.9. The molecule has 2 aromatic rings. The van der Waals surface area contributed by atoms with E-state index in [2.05, 4.69) is 21.2 Å². The second-order valence-corrected chi connectivity index (χ2v) is 6.88. The lowest BCUT2D eigenvalue weighted by atomic mass is 10.0. The second-order valence-electron chi connectivity index (χ2n) is 6.03. The molecule has 1 N–H and O–H groups in total. The van der Waals surface area contributed by atoms with Crippen LogP contribution in [0.15, 0.2) is 46.9 Å². The summed E-state index contributed by atoms with van der Waals surface area (Å²) < 4.78 is 0.416. The third kappa shape index (κ3) is 3.11. The summed E-state index contributed by atoms with van der Waals surface area (Å²) in [6, 6.07) is 12.3. The summed E-state index contributed by atoms with van der Waals surface area (Å²) in [6.07, 6.45) is 0.328. The van der Waals surface area contributed by atoms with Crippen molar-refractivity contribution in [3.8, 4) is 0 Å². The van der Waals surface area contributed by atoms with Gasteiger partial charge < -0.3 is 10.2 Å². The smallest absolute Gasteiger partial charge is 0.283 e. The number of nitro groups is 1. The maximum absolute atomic E-state index is 13.0. The summed E-state index contributed by atoms with van der Waals surface area (Å²) in [5, 5.41) is 14.6. The number of rotatable bonds is 4. The van der Waals surface area contributed by atoms with Crippen LogP contribution in [0.5, 0.6) is 0 Å². The zero-order chi connectivity index (χ0) is 18.1. The number of fused-ring (bicyclic) bond motifs is 1. The Balaban J connectivity index is 2.11. The first kappa shape index (κ1) is 17.4. The standard InChI is InChI=1S/C18H18BrN3O3/c1-3-11(2)21-17(12-8-9-14(19)16(10-12)22(24)25)20-15-7-5-4-6-13(15)18(21)23/h4-11,17,20H,3H2,1-2H3/t11-,17-/m1/s1. The monoisotopic (exact) mass is 403 g/mol. The number of carbonyl (C=O) groups is 1. The molecule has 3 rings (SSSR count). The molecule has 0 fully saturated rings. The zero-order valence-electron chi connectivity index (χ0n) is 13.9. The molecular weight excluding hydrogens is 386 g/mol. The van der Waals surface area contributed by atoms with E-state index in [0.717, 1.165) is 12.1 Å². The van der Waals surface area contributed by atoms with Gasteiger partial charge in [0.05, 0.1) is 15.0 Å². The molecule has 0 aromatic heterocycles. The number of nitro benzene ring substituents is 1. The molecule has 0 saturated carbocycles. The molecule has 0 aliphatic carbocycles. The summed E-state index contributed by atoms with van der Waals surface area (Å²) in [7, 11) is 0. The van der Waals surface area contributed by atoms with E-state index >= 15 is 0 Å². The summed E-state index contributed by atoms with van der Waals surface area (Å²) in [6.45, 7) is 3.99. The van der Waals surface area contributed by atoms with Crippen LogP contribution in [0.4, 0.5) is 11.4 Å². The molecule has 2 aromatic carbocycles. The minimum absolute atomic E-state index is 0.0129. The average Bonchev–Trinajstić information content (AvgIpc) is 2.61. The van der Waals surface area contributed by atoms with Crippen LogP contribution in [0.25, 0.3) is 0 Å². The van der Waals surface area contributed by atoms with Gasteiger partial charge >= 0.3 is 0 Å². The van der Waals surface area contributed by atoms with Gasteiger partial charge in [-0.2, -0.15) is 0 Å². The van der Waals surface area contributed by atoms with Crippen molar-refractivity contribution < 1.29 is 9.72 Å². The number of hydrogen-bond acceptors (Lipinski definition) is 4. The van der Waals surface area contributed by atoms with Gasteiger partial charge in [0.2, 0.25) is 0 Å². The number of halogens is 1. The van der Waals surface area contributed by atoms with Crippen LogP contribution < -0.4 is 5.32 Å². The fourth-order valence-electron chi connectivity index (χ4n) is 3.00. The molecule has 1 amide bonds. The lowest BCUT2D eigenvalue weighted by Gasteiger charge is -2.41. The number of carbonyl (C=O) groups excluding carboxylic acids is 1. The molecule has 7 heteroatoms. The van der Waals surface area contributed by atoms with E-state index in [1.165, 1.54) is 6.07 Å². The maximum Gasteiger partial charge on any atom is 0.283 e. The van der Waals surface area contributed by atoms with Crippen molar-refractivity contribution in [2.24, 2.45) is 0 Å². The van der Waals surface area contributed by atoms with Gasteiger partial charge in [-0.05, 0) is 47.5 Å². The maximum atomic E-state index is 13.0. The Labute approximate surface area is 154 Å². The molecule has 1 aliphatic heterocycles. The number of benzene rings is 2. The third-order valence-electron chi connectivity index (χ3n) is 4.51. The Kier molecular flexibility index (Phi) is 4.76. The Morgan fingerprint density at radius 1 is 1.32 bits per heavy atom. The molecule has 0 unspecified atom stereocenters. The van der Waals surface area contributed by atoms with Crippen molar-refractivity contribution in [2.45, 2.75) is 32.5 Å². The minimum atomic E-state index is -0.454. The fourth-order valence-corrected chi connectivity index (χ4v) is 3.40. The molecule has 6 nitrogen and oxygen atoms in total. The third-order valence-corrected chi connectivity index (χ3v) is 5.18. The highest BCUT2D eigenvalue weighted by molar-refractivity contribution is 9.10. The summed E-state index contributed by atoms with van der Waals surface area (Å²) in [5.74, 6) is -0.0701. The summed E-state index contributed by atoms with van der Waals surface area (Å²) in [5.41, 5.74) is 2.01. The molecule has 0 bridgehead atoms. The Bertz CT molecular complexity index is 840. The Hall–Kier alpha value is -2.41. The van der Waals surface area contributed by atoms with E-state index in [1.807, 2.05) is 32.0 Å². The number of nitrogens with zero attached hydrogens (tertiary/aromatic N) is 2. The van der Waals surface area contributed by atoms with E-state index in [1.54, 1.807) is 23.1 Å². The highest BCUT2D eigenvalue weighted by atomic mass is 79.9. The van der Waals surface area contributed by atoms with Crippen molar-refractivity contribution in [3.05, 3.63) is 68.2 Å². The van der Waals surface area contributed by atoms with Gasteiger partial charge in [0.1, 0.15) is 6.17 Å². The first-order valence-corrected chi connectivity index (χ1v) is 8.85. The molecule has 2 atom stereocenters. The number of nitrogens with one attached hydrogen (secondary N) is 1. The highest BCUT2D eigenvalue weighted by Gasteiger charge is 2.36. The normalized spacial score (nSPS) is 17.6. The molecular formula is C18H18BrN3O3. The van der Waals surface area contributed by atoms with Crippen molar-refractivity contribution >= 4 is 33.2 Å². The number of amides is 1. The SMILES string of the molecule is CC[C@@H](C)N1C(=O)c2ccccc2N[C@H]1c1ccc(Br)c([N+](=O)[O-])c1. The van der Waals surface area contributed by atoms with Crippen LogP contribution >= 0.6 is 15.9 Å². The summed E-state index contributed by atoms with van der Waals surface area (Å²) >= 11 is 3.21. The molecule has 0 radical (unpaired) electrons. The lowest BCUT2D eigenvalue weighted by Crippen LogP contribution is -2.47. The van der Waals surface area contributed by atoms with E-state index in [9.17, 15) is 14.9 Å². The highest BCUT2D eigenvalue weighted by Crippen LogP contribution is 2.37. The second kappa shape index (κ2) is 6.84. The first-order valence-electron chi connectivity index (χ1n) is 8.06. The summed E-state index contributed by atoms with van der Waals surface area (Å²) in [4.78, 5) is 25.6. The van der Waals surface area contributed by atoms with Gasteiger partial charge in [0.15, 0.2) is 0 Å². The van der Waals surface area contributed by atoms with Crippen LogP contribution in [0.1, 0.15) is 42.4 Å². The minimum Gasteiger partial charge on any atom is -0.361 e. The predicted octanol–water partition coefficient (Wildman–Crippen LogP) is 4.72. The van der Waals surface area contributed by atoms with Crippen molar-refractivity contribution in [2.75, 3.05) is 5.32 Å². The number of anilines is 1. The van der Waals surface area contributed by atoms with Crippen molar-refractivity contribution in [3.63, 3.8) is 0 Å². The van der Waals surface area contributed by atoms with Gasteiger partial charge in [0, 0.05) is 23.4 Å². The van der Waals surface area contributed by atoms with E-state index in [0.29, 0.717) is 15.6 Å². The predicted molar refractivity (Wildman–Crippen MR) is 99.5 cm³/mol. The van der Waals surface area contributed by atoms with Crippen LogP contribution in [-0.2, 0) is 0 Å². The number of hydrogen-bond donors (Lipinski definition) is 1. The van der Waals surface area contributed by atoms with Gasteiger partial charge in [0.25, 0.3) is 11.6 Å². The van der Waals surface area contributed by atoms with Crippen molar-refractivity contribution in [1.82, 2.24) is 4.90 Å². The largest absolute Gasteiger partial charge is 0.361 e. The van der Waals surface area contributed by atoms with Crippen LogP contribution in [-0.4, -0.2) is 21.8 Å². The lowest BCUT2D eigenvalue weighted by molar-refractivity contribution is -0.385. The van der Waals surface area contributed by atoms with E-state index < -0.39 is 11.1 Å². The quantitative estimate of drug-likeness (QED) is 0.591. The molecule has 0 saturated heterocycles. The number of para-hydroxylation sites is 1.